The number of para-hydroxylation sites is 1. The number of fused-ring (bicyclic) bond motifs is 2. The monoisotopic (exact) mass is 309 g/mol. The van der Waals surface area contributed by atoms with Gasteiger partial charge in [0.2, 0.25) is 0 Å². The third kappa shape index (κ3) is 1.60. The van der Waals surface area contributed by atoms with E-state index in [4.69, 9.17) is 0 Å². The second-order valence-corrected chi connectivity index (χ2v) is 5.67. The van der Waals surface area contributed by atoms with Crippen LogP contribution in [0.3, 0.4) is 0 Å². The van der Waals surface area contributed by atoms with Gasteiger partial charge in [0.25, 0.3) is 0 Å². The molecule has 2 heteroatoms. The third-order valence-corrected chi connectivity index (χ3v) is 4.31. The summed E-state index contributed by atoms with van der Waals surface area (Å²) in [5.41, 5.74) is 3.98. The second-order valence-electron chi connectivity index (χ2n) is 4.82. The molecule has 1 nitrogen and oxygen atoms in total. The predicted octanol–water partition coefficient (Wildman–Crippen LogP) is 3.07. The van der Waals surface area contributed by atoms with Crippen molar-refractivity contribution in [3.8, 4) is 5.69 Å². The van der Waals surface area contributed by atoms with Crippen LogP contribution in [-0.2, 0) is 0 Å². The Bertz CT molecular complexity index is 835. The van der Waals surface area contributed by atoms with E-state index in [-0.39, 0.29) is 0 Å². The molecule has 0 fully saturated rings. The fourth-order valence-electron chi connectivity index (χ4n) is 2.84. The quantitative estimate of drug-likeness (QED) is 0.763. The topological polar surface area (TPSA) is 4.93 Å². The summed E-state index contributed by atoms with van der Waals surface area (Å²) in [7, 11) is 0. The van der Waals surface area contributed by atoms with Crippen LogP contribution in [0.15, 0.2) is 64.8 Å². The Morgan fingerprint density at radius 2 is 1.95 bits per heavy atom. The number of rotatable bonds is 1. The van der Waals surface area contributed by atoms with E-state index in [1.807, 2.05) is 6.07 Å². The van der Waals surface area contributed by atoms with Crippen molar-refractivity contribution in [2.45, 2.75) is 6.42 Å². The number of hydrogen-bond acceptors (Lipinski definition) is 0. The van der Waals surface area contributed by atoms with Crippen molar-refractivity contribution in [3.63, 3.8) is 0 Å². The van der Waals surface area contributed by atoms with Gasteiger partial charge in [-0.3, -0.25) is 0 Å². The lowest BCUT2D eigenvalue weighted by molar-refractivity contribution is 1.03. The molecule has 4 rings (SSSR count). The molecule has 1 aromatic heterocycles. The molecule has 19 heavy (non-hydrogen) atoms. The van der Waals surface area contributed by atoms with E-state index >= 15 is 0 Å². The molecule has 0 atom stereocenters. The van der Waals surface area contributed by atoms with Crippen LogP contribution in [0.5, 0.6) is 0 Å². The van der Waals surface area contributed by atoms with Gasteiger partial charge in [0.1, 0.15) is 0 Å². The molecule has 0 spiro atoms. The molecule has 1 aromatic carbocycles. The van der Waals surface area contributed by atoms with Crippen LogP contribution in [-0.4, -0.2) is 4.57 Å². The van der Waals surface area contributed by atoms with Crippen LogP contribution in [0.1, 0.15) is 6.42 Å². The number of allylic oxidation sites excluding steroid dienone is 4. The van der Waals surface area contributed by atoms with Gasteiger partial charge in [-0.2, -0.15) is 0 Å². The van der Waals surface area contributed by atoms with Gasteiger partial charge in [0, 0.05) is 21.6 Å². The van der Waals surface area contributed by atoms with Gasteiger partial charge in [0.15, 0.2) is 0 Å². The van der Waals surface area contributed by atoms with E-state index in [0.717, 1.165) is 6.42 Å². The largest absolute Gasteiger partial charge is 0.315 e. The lowest BCUT2D eigenvalue weighted by Crippen LogP contribution is -2.26. The lowest BCUT2D eigenvalue weighted by Gasteiger charge is -2.05. The first-order valence-corrected chi connectivity index (χ1v) is 7.18. The number of aromatic nitrogens is 1. The standard InChI is InChI=1S/C17H12BrN/c18-15-11-19(13-7-2-1-3-8-13)16-10-12-6-4-5-9-14(12)17(15)16/h1-8,10-11H,9H2. The van der Waals surface area contributed by atoms with E-state index in [1.54, 1.807) is 0 Å². The van der Waals surface area contributed by atoms with Crippen molar-refractivity contribution in [3.05, 3.63) is 75.4 Å². The van der Waals surface area contributed by atoms with E-state index in [1.165, 1.54) is 31.9 Å². The average Bonchev–Trinajstić information content (AvgIpc) is 2.98. The fourth-order valence-corrected chi connectivity index (χ4v) is 3.49. The molecular formula is C17H12BrN. The first-order chi connectivity index (χ1) is 9.34. The second kappa shape index (κ2) is 4.10. The van der Waals surface area contributed by atoms with E-state index < -0.39 is 0 Å². The van der Waals surface area contributed by atoms with Gasteiger partial charge in [-0.25, -0.2) is 0 Å². The van der Waals surface area contributed by atoms with Crippen LogP contribution < -0.4 is 10.6 Å². The molecule has 2 aromatic rings. The highest BCUT2D eigenvalue weighted by Crippen LogP contribution is 2.25. The first kappa shape index (κ1) is 11.1. The molecule has 0 radical (unpaired) electrons. The van der Waals surface area contributed by atoms with E-state index in [0.29, 0.717) is 0 Å². The zero-order valence-corrected chi connectivity index (χ0v) is 11.9. The van der Waals surface area contributed by atoms with Crippen LogP contribution in [0, 0.1) is 0 Å². The zero-order chi connectivity index (χ0) is 12.8. The summed E-state index contributed by atoms with van der Waals surface area (Å²) in [6, 6.07) is 10.5. The normalized spacial score (nSPS) is 15.8. The van der Waals surface area contributed by atoms with Crippen molar-refractivity contribution in [1.82, 2.24) is 4.57 Å². The Kier molecular flexibility index (Phi) is 2.39. The van der Waals surface area contributed by atoms with Crippen molar-refractivity contribution in [1.29, 1.82) is 0 Å². The molecular weight excluding hydrogens is 298 g/mol. The lowest BCUT2D eigenvalue weighted by atomic mass is 10.0. The van der Waals surface area contributed by atoms with Gasteiger partial charge in [0.05, 0.1) is 5.35 Å². The molecule has 0 unspecified atom stereocenters. The minimum Gasteiger partial charge on any atom is -0.315 e. The maximum atomic E-state index is 3.71. The third-order valence-electron chi connectivity index (χ3n) is 3.71. The highest BCUT2D eigenvalue weighted by Gasteiger charge is 2.17. The summed E-state index contributed by atoms with van der Waals surface area (Å²) in [5, 5.41) is 2.63. The molecule has 1 heterocycles. The van der Waals surface area contributed by atoms with Crippen LogP contribution in [0.25, 0.3) is 17.3 Å². The van der Waals surface area contributed by atoms with Crippen molar-refractivity contribution in [2.75, 3.05) is 0 Å². The number of hydrogen-bond donors (Lipinski definition) is 0. The maximum absolute atomic E-state index is 3.71. The van der Waals surface area contributed by atoms with Crippen molar-refractivity contribution < 1.29 is 0 Å². The van der Waals surface area contributed by atoms with Crippen LogP contribution >= 0.6 is 15.9 Å². The summed E-state index contributed by atoms with van der Waals surface area (Å²) in [6.07, 6.45) is 12.0. The molecule has 0 saturated heterocycles. The highest BCUT2D eigenvalue weighted by molar-refractivity contribution is 9.10. The van der Waals surface area contributed by atoms with E-state index in [9.17, 15) is 0 Å². The number of nitrogens with zero attached hydrogens (tertiary/aromatic N) is 1. The van der Waals surface area contributed by atoms with Crippen molar-refractivity contribution >= 4 is 27.6 Å². The Balaban J connectivity index is 2.07. The zero-order valence-electron chi connectivity index (χ0n) is 10.3. The maximum Gasteiger partial charge on any atom is 0.0549 e. The van der Waals surface area contributed by atoms with Crippen LogP contribution in [0.4, 0.5) is 0 Å². The summed E-state index contributed by atoms with van der Waals surface area (Å²) < 4.78 is 3.43. The first-order valence-electron chi connectivity index (χ1n) is 6.39. The van der Waals surface area contributed by atoms with E-state index in [2.05, 4.69) is 75.3 Å². The molecule has 0 bridgehead atoms. The molecule has 0 amide bonds. The summed E-state index contributed by atoms with van der Waals surface area (Å²) in [5.74, 6) is 0. The smallest absolute Gasteiger partial charge is 0.0549 e. The van der Waals surface area contributed by atoms with Gasteiger partial charge in [-0.15, -0.1) is 0 Å². The molecule has 0 aliphatic heterocycles. The fraction of sp³-hybridized carbons (Fsp3) is 0.0588. The number of benzene rings is 1. The Hall–Kier alpha value is -1.80. The summed E-state index contributed by atoms with van der Waals surface area (Å²) in [4.78, 5) is 0. The predicted molar refractivity (Wildman–Crippen MR) is 82.4 cm³/mol. The van der Waals surface area contributed by atoms with Gasteiger partial charge in [-0.05, 0) is 51.7 Å². The Morgan fingerprint density at radius 3 is 2.79 bits per heavy atom. The Labute approximate surface area is 120 Å². The van der Waals surface area contributed by atoms with Gasteiger partial charge >= 0.3 is 0 Å². The highest BCUT2D eigenvalue weighted by atomic mass is 79.9. The molecule has 0 saturated carbocycles. The summed E-state index contributed by atoms with van der Waals surface area (Å²) in [6.45, 7) is 0. The molecule has 0 N–H and O–H groups in total. The molecule has 2 aliphatic carbocycles. The van der Waals surface area contributed by atoms with Gasteiger partial charge < -0.3 is 4.57 Å². The Morgan fingerprint density at radius 1 is 1.11 bits per heavy atom. The SMILES string of the molecule is Brc1cn(-c2ccccc2)c2c1=C1CC=CC=C1C=2. The average molecular weight is 310 g/mol. The summed E-state index contributed by atoms with van der Waals surface area (Å²) >= 11 is 3.71. The van der Waals surface area contributed by atoms with Crippen molar-refractivity contribution in [2.24, 2.45) is 0 Å². The number of halogens is 1. The minimum atomic E-state index is 1.02. The minimum absolute atomic E-state index is 1.02. The van der Waals surface area contributed by atoms with Gasteiger partial charge in [-0.1, -0.05) is 36.4 Å². The van der Waals surface area contributed by atoms with Crippen LogP contribution in [0.2, 0.25) is 0 Å². The molecule has 2 aliphatic rings. The molecule has 92 valence electrons.